The van der Waals surface area contributed by atoms with Crippen LogP contribution in [-0.4, -0.2) is 69.7 Å². The zero-order valence-corrected chi connectivity index (χ0v) is 18.7. The maximum absolute atomic E-state index is 12.3. The lowest BCUT2D eigenvalue weighted by atomic mass is 10.1. The lowest BCUT2D eigenvalue weighted by molar-refractivity contribution is -0.117. The van der Waals surface area contributed by atoms with Crippen LogP contribution in [0.2, 0.25) is 0 Å². The molecule has 0 bridgehead atoms. The third-order valence-electron chi connectivity index (χ3n) is 5.17. The highest BCUT2D eigenvalue weighted by atomic mass is 32.2. The summed E-state index contributed by atoms with van der Waals surface area (Å²) in [6.07, 6.45) is 2.97. The number of nitrogens with zero attached hydrogens (tertiary/aromatic N) is 5. The molecule has 0 radical (unpaired) electrons. The van der Waals surface area contributed by atoms with Gasteiger partial charge in [-0.1, -0.05) is 13.8 Å². The van der Waals surface area contributed by atoms with E-state index < -0.39 is 10.2 Å². The van der Waals surface area contributed by atoms with Gasteiger partial charge in [-0.15, -0.1) is 0 Å². The van der Waals surface area contributed by atoms with Crippen molar-refractivity contribution in [2.75, 3.05) is 30.3 Å². The van der Waals surface area contributed by atoms with E-state index in [0.717, 1.165) is 0 Å². The smallest absolute Gasteiger partial charge is 0.279 e. The summed E-state index contributed by atoms with van der Waals surface area (Å²) in [5.74, 6) is 0.887. The molecule has 1 saturated heterocycles. The Morgan fingerprint density at radius 2 is 2.07 bits per heavy atom. The van der Waals surface area contributed by atoms with E-state index in [2.05, 4.69) is 30.3 Å². The minimum atomic E-state index is -3.47. The maximum Gasteiger partial charge on any atom is 0.279 e. The van der Waals surface area contributed by atoms with Gasteiger partial charge < -0.3 is 15.2 Å². The summed E-state index contributed by atoms with van der Waals surface area (Å²) in [6.45, 7) is 9.01. The summed E-state index contributed by atoms with van der Waals surface area (Å²) in [5.41, 5.74) is 1.28. The van der Waals surface area contributed by atoms with Crippen molar-refractivity contribution in [3.05, 3.63) is 6.33 Å². The standard InChI is InChI=1S/C18H30N8O3S/c1-5-14(12(4)27)22-18-23-16(15-17(24-18)25(7-3)11-19-15)21-13-8-9-26(10-13)30(28,29)20-6-2/h11,13-14,20H,5-10H2,1-4H3,(H2,21,22,23,24)/t13-,14+/m0/s1. The Labute approximate surface area is 176 Å². The minimum Gasteiger partial charge on any atom is -0.364 e. The van der Waals surface area contributed by atoms with E-state index in [4.69, 9.17) is 0 Å². The largest absolute Gasteiger partial charge is 0.364 e. The van der Waals surface area contributed by atoms with Gasteiger partial charge in [-0.25, -0.2) is 9.71 Å². The van der Waals surface area contributed by atoms with Crippen molar-refractivity contribution in [2.45, 2.75) is 59.2 Å². The molecule has 30 heavy (non-hydrogen) atoms. The number of hydrogen-bond acceptors (Lipinski definition) is 8. The highest BCUT2D eigenvalue weighted by Crippen LogP contribution is 2.24. The molecule has 0 aromatic carbocycles. The first kappa shape index (κ1) is 22.4. The molecular formula is C18H30N8O3S. The Balaban J connectivity index is 1.87. The number of nitrogens with one attached hydrogen (secondary N) is 3. The third kappa shape index (κ3) is 4.71. The summed E-state index contributed by atoms with van der Waals surface area (Å²) in [5, 5.41) is 6.45. The molecule has 2 aromatic heterocycles. The van der Waals surface area contributed by atoms with E-state index >= 15 is 0 Å². The van der Waals surface area contributed by atoms with Crippen LogP contribution in [0.25, 0.3) is 11.2 Å². The molecule has 1 fully saturated rings. The first-order valence-electron chi connectivity index (χ1n) is 10.3. The van der Waals surface area contributed by atoms with Gasteiger partial charge in [0, 0.05) is 32.2 Å². The van der Waals surface area contributed by atoms with Gasteiger partial charge in [0.05, 0.1) is 12.4 Å². The van der Waals surface area contributed by atoms with Crippen molar-refractivity contribution in [3.63, 3.8) is 0 Å². The monoisotopic (exact) mass is 438 g/mol. The van der Waals surface area contributed by atoms with Crippen LogP contribution in [0.4, 0.5) is 11.8 Å². The number of aromatic nitrogens is 4. The Hall–Kier alpha value is -2.31. The number of fused-ring (bicyclic) bond motifs is 1. The maximum atomic E-state index is 12.3. The number of hydrogen-bond donors (Lipinski definition) is 3. The Bertz CT molecular complexity index is 1010. The molecular weight excluding hydrogens is 408 g/mol. The molecule has 3 N–H and O–H groups in total. The summed E-state index contributed by atoms with van der Waals surface area (Å²) in [7, 11) is -3.47. The van der Waals surface area contributed by atoms with Crippen LogP contribution in [0.15, 0.2) is 6.33 Å². The fourth-order valence-corrected chi connectivity index (χ4v) is 4.79. The Morgan fingerprint density at radius 1 is 1.30 bits per heavy atom. The SMILES string of the molecule is CCNS(=O)(=O)N1CC[C@H](Nc2nc(N[C@H](CC)C(C)=O)nc3c2ncn3CC)C1. The second-order valence-corrected chi connectivity index (χ2v) is 9.06. The van der Waals surface area contributed by atoms with Gasteiger partial charge in [-0.3, -0.25) is 4.79 Å². The molecule has 3 heterocycles. The number of rotatable bonds is 10. The molecule has 2 aromatic rings. The fourth-order valence-electron chi connectivity index (χ4n) is 3.52. The van der Waals surface area contributed by atoms with E-state index in [9.17, 15) is 13.2 Å². The van der Waals surface area contributed by atoms with Crippen molar-refractivity contribution < 1.29 is 13.2 Å². The molecule has 0 amide bonds. The van der Waals surface area contributed by atoms with Crippen molar-refractivity contribution >= 4 is 38.9 Å². The van der Waals surface area contributed by atoms with E-state index in [-0.39, 0.29) is 17.9 Å². The number of Topliss-reactive ketones (excluding diaryl/α,β-unsaturated/α-hetero) is 1. The average molecular weight is 439 g/mol. The topological polar surface area (TPSA) is 134 Å². The molecule has 0 saturated carbocycles. The lowest BCUT2D eigenvalue weighted by Crippen LogP contribution is -2.40. The van der Waals surface area contributed by atoms with Crippen LogP contribution in [-0.2, 0) is 21.5 Å². The van der Waals surface area contributed by atoms with Gasteiger partial charge in [-0.2, -0.15) is 22.7 Å². The number of carbonyl (C=O) groups excluding carboxylic acids is 1. The number of carbonyl (C=O) groups is 1. The normalized spacial score (nSPS) is 18.6. The molecule has 0 spiro atoms. The first-order chi connectivity index (χ1) is 14.3. The van der Waals surface area contributed by atoms with Crippen molar-refractivity contribution in [1.82, 2.24) is 28.5 Å². The molecule has 3 rings (SSSR count). The molecule has 12 heteroatoms. The predicted octanol–water partition coefficient (Wildman–Crippen LogP) is 0.966. The second kappa shape index (κ2) is 9.23. The van der Waals surface area contributed by atoms with Gasteiger partial charge in [0.25, 0.3) is 10.2 Å². The molecule has 11 nitrogen and oxygen atoms in total. The van der Waals surface area contributed by atoms with Gasteiger partial charge in [0.2, 0.25) is 5.95 Å². The Morgan fingerprint density at radius 3 is 2.70 bits per heavy atom. The number of aryl methyl sites for hydroxylation is 1. The third-order valence-corrected chi connectivity index (χ3v) is 6.83. The van der Waals surface area contributed by atoms with Crippen LogP contribution in [0.3, 0.4) is 0 Å². The highest BCUT2D eigenvalue weighted by Gasteiger charge is 2.31. The van der Waals surface area contributed by atoms with Crippen LogP contribution < -0.4 is 15.4 Å². The van der Waals surface area contributed by atoms with Gasteiger partial charge in [-0.05, 0) is 26.7 Å². The summed E-state index contributed by atoms with van der Waals surface area (Å²) >= 11 is 0. The second-order valence-electron chi connectivity index (χ2n) is 7.31. The van der Waals surface area contributed by atoms with Crippen molar-refractivity contribution in [2.24, 2.45) is 0 Å². The lowest BCUT2D eigenvalue weighted by Gasteiger charge is -2.18. The van der Waals surface area contributed by atoms with Crippen molar-refractivity contribution in [1.29, 1.82) is 0 Å². The molecule has 1 aliphatic heterocycles. The zero-order valence-electron chi connectivity index (χ0n) is 17.8. The first-order valence-corrected chi connectivity index (χ1v) is 11.7. The van der Waals surface area contributed by atoms with Crippen molar-refractivity contribution in [3.8, 4) is 0 Å². The van der Waals surface area contributed by atoms with Crippen LogP contribution in [0, 0.1) is 0 Å². The number of anilines is 2. The van der Waals surface area contributed by atoms with Crippen LogP contribution in [0.5, 0.6) is 0 Å². The van der Waals surface area contributed by atoms with E-state index in [0.29, 0.717) is 62.0 Å². The molecule has 0 unspecified atom stereocenters. The van der Waals surface area contributed by atoms with E-state index in [1.54, 1.807) is 13.3 Å². The molecule has 1 aliphatic rings. The molecule has 166 valence electrons. The summed E-state index contributed by atoms with van der Waals surface area (Å²) in [6, 6.07) is -0.480. The van der Waals surface area contributed by atoms with Gasteiger partial charge in [0.1, 0.15) is 0 Å². The van der Waals surface area contributed by atoms with Gasteiger partial charge >= 0.3 is 0 Å². The number of ketones is 1. The molecule has 2 atom stereocenters. The van der Waals surface area contributed by atoms with Crippen LogP contribution >= 0.6 is 0 Å². The quantitative estimate of drug-likeness (QED) is 0.499. The van der Waals surface area contributed by atoms with E-state index in [1.807, 2.05) is 18.4 Å². The number of imidazole rings is 1. The Kier molecular flexibility index (Phi) is 6.88. The van der Waals surface area contributed by atoms with Crippen LogP contribution in [0.1, 0.15) is 40.5 Å². The minimum absolute atomic E-state index is 0.0137. The average Bonchev–Trinajstić information content (AvgIpc) is 3.33. The molecule has 0 aliphatic carbocycles. The summed E-state index contributed by atoms with van der Waals surface area (Å²) in [4.78, 5) is 25.4. The van der Waals surface area contributed by atoms with E-state index in [1.165, 1.54) is 11.2 Å². The fraction of sp³-hybridized carbons (Fsp3) is 0.667. The van der Waals surface area contributed by atoms with Gasteiger partial charge in [0.15, 0.2) is 22.8 Å². The zero-order chi connectivity index (χ0) is 21.9. The predicted molar refractivity (Wildman–Crippen MR) is 116 cm³/mol. The highest BCUT2D eigenvalue weighted by molar-refractivity contribution is 7.87. The summed E-state index contributed by atoms with van der Waals surface area (Å²) < 4.78 is 30.4.